The van der Waals surface area contributed by atoms with Gasteiger partial charge in [-0.25, -0.2) is 18.0 Å². The SMILES string of the molecule is COC(=O)C1=C(C(=O)OC)N(c2ccc(S(=O)(=O)CCC#N)cc2)COC1. The van der Waals surface area contributed by atoms with Gasteiger partial charge in [-0.1, -0.05) is 0 Å². The molecule has 1 aliphatic rings. The summed E-state index contributed by atoms with van der Waals surface area (Å²) in [5.41, 5.74) is 0.396. The van der Waals surface area contributed by atoms with E-state index >= 15 is 0 Å². The van der Waals surface area contributed by atoms with Crippen molar-refractivity contribution in [3.05, 3.63) is 35.5 Å². The molecular weight excluding hydrogens is 376 g/mol. The van der Waals surface area contributed by atoms with E-state index in [9.17, 15) is 18.0 Å². The Morgan fingerprint density at radius 1 is 1.19 bits per heavy atom. The van der Waals surface area contributed by atoms with E-state index in [1.54, 1.807) is 6.07 Å². The molecule has 0 unspecified atom stereocenters. The molecule has 0 spiro atoms. The molecule has 0 fully saturated rings. The number of hydrogen-bond donors (Lipinski definition) is 0. The second-order valence-corrected chi connectivity index (χ2v) is 7.55. The lowest BCUT2D eigenvalue weighted by molar-refractivity contribution is -0.140. The Bertz CT molecular complexity index is 898. The monoisotopic (exact) mass is 394 g/mol. The van der Waals surface area contributed by atoms with Gasteiger partial charge in [0.1, 0.15) is 12.4 Å². The fourth-order valence-corrected chi connectivity index (χ4v) is 3.63. The summed E-state index contributed by atoms with van der Waals surface area (Å²) in [4.78, 5) is 25.6. The maximum Gasteiger partial charge on any atom is 0.355 e. The quantitative estimate of drug-likeness (QED) is 0.644. The molecular formula is C17H18N2O7S. The number of methoxy groups -OCH3 is 2. The maximum atomic E-state index is 12.2. The third-order valence-corrected chi connectivity index (χ3v) is 5.56. The van der Waals surface area contributed by atoms with Gasteiger partial charge in [-0.05, 0) is 24.3 Å². The third kappa shape index (κ3) is 4.45. The van der Waals surface area contributed by atoms with Crippen LogP contribution in [0.3, 0.4) is 0 Å². The molecule has 144 valence electrons. The van der Waals surface area contributed by atoms with Gasteiger partial charge in [0.15, 0.2) is 9.84 Å². The van der Waals surface area contributed by atoms with Crippen molar-refractivity contribution in [1.29, 1.82) is 5.26 Å². The van der Waals surface area contributed by atoms with E-state index in [0.29, 0.717) is 5.69 Å². The number of nitriles is 1. The number of rotatable bonds is 6. The lowest BCUT2D eigenvalue weighted by atomic mass is 10.1. The standard InChI is InChI=1S/C17H18N2O7S/c1-24-16(20)14-10-26-11-19(15(14)17(21)25-2)12-4-6-13(7-5-12)27(22,23)9-3-8-18/h4-7H,3,9-11H2,1-2H3. The van der Waals surface area contributed by atoms with Crippen LogP contribution in [0, 0.1) is 11.3 Å². The highest BCUT2D eigenvalue weighted by Gasteiger charge is 2.32. The molecule has 1 aromatic rings. The van der Waals surface area contributed by atoms with Gasteiger partial charge in [0.05, 0.1) is 43.1 Å². The Hall–Kier alpha value is -2.90. The zero-order chi connectivity index (χ0) is 20.0. The molecule has 0 atom stereocenters. The third-order valence-electron chi connectivity index (χ3n) is 3.82. The van der Waals surface area contributed by atoms with E-state index in [1.807, 2.05) is 0 Å². The van der Waals surface area contributed by atoms with Crippen molar-refractivity contribution < 1.29 is 32.2 Å². The van der Waals surface area contributed by atoms with Crippen LogP contribution in [-0.2, 0) is 33.6 Å². The number of carbonyl (C=O) groups excluding carboxylic acids is 2. The number of sulfone groups is 1. The Kier molecular flexibility index (Phi) is 6.55. The van der Waals surface area contributed by atoms with Gasteiger partial charge in [0, 0.05) is 12.1 Å². The van der Waals surface area contributed by atoms with E-state index in [1.165, 1.54) is 43.4 Å². The van der Waals surface area contributed by atoms with Gasteiger partial charge >= 0.3 is 11.9 Å². The van der Waals surface area contributed by atoms with Gasteiger partial charge in [0.25, 0.3) is 0 Å². The van der Waals surface area contributed by atoms with Crippen molar-refractivity contribution >= 4 is 27.5 Å². The minimum absolute atomic E-state index is 0.00122. The van der Waals surface area contributed by atoms with Crippen molar-refractivity contribution in [3.63, 3.8) is 0 Å². The molecule has 9 nitrogen and oxygen atoms in total. The fraction of sp³-hybridized carbons (Fsp3) is 0.353. The summed E-state index contributed by atoms with van der Waals surface area (Å²) in [5.74, 6) is -1.75. The molecule has 2 rings (SSSR count). The largest absolute Gasteiger partial charge is 0.466 e. The van der Waals surface area contributed by atoms with Gasteiger partial charge in [-0.15, -0.1) is 0 Å². The predicted molar refractivity (Wildman–Crippen MR) is 93.1 cm³/mol. The average molecular weight is 394 g/mol. The van der Waals surface area contributed by atoms with Crippen molar-refractivity contribution in [2.75, 3.05) is 38.2 Å². The maximum absolute atomic E-state index is 12.2. The van der Waals surface area contributed by atoms with Crippen LogP contribution in [0.1, 0.15) is 6.42 Å². The summed E-state index contributed by atoms with van der Waals surface area (Å²) in [7, 11) is -1.21. The van der Waals surface area contributed by atoms with Gasteiger partial charge in [-0.3, -0.25) is 0 Å². The van der Waals surface area contributed by atoms with Gasteiger partial charge in [0.2, 0.25) is 0 Å². The number of benzene rings is 1. The Morgan fingerprint density at radius 3 is 2.37 bits per heavy atom. The molecule has 0 amide bonds. The first-order chi connectivity index (χ1) is 12.9. The zero-order valence-corrected chi connectivity index (χ0v) is 15.6. The zero-order valence-electron chi connectivity index (χ0n) is 14.8. The van der Waals surface area contributed by atoms with E-state index < -0.39 is 21.8 Å². The molecule has 0 saturated carbocycles. The highest BCUT2D eigenvalue weighted by Crippen LogP contribution is 2.27. The first-order valence-corrected chi connectivity index (χ1v) is 9.45. The molecule has 0 radical (unpaired) electrons. The summed E-state index contributed by atoms with van der Waals surface area (Å²) in [6, 6.07) is 7.48. The second-order valence-electron chi connectivity index (χ2n) is 5.44. The van der Waals surface area contributed by atoms with Crippen LogP contribution in [-0.4, -0.2) is 53.7 Å². The number of anilines is 1. The van der Waals surface area contributed by atoms with Gasteiger partial charge in [-0.2, -0.15) is 5.26 Å². The first kappa shape index (κ1) is 20.4. The first-order valence-electron chi connectivity index (χ1n) is 7.80. The van der Waals surface area contributed by atoms with Crippen molar-refractivity contribution in [2.45, 2.75) is 11.3 Å². The highest BCUT2D eigenvalue weighted by atomic mass is 32.2. The van der Waals surface area contributed by atoms with Crippen LogP contribution in [0.4, 0.5) is 5.69 Å². The fourth-order valence-electron chi connectivity index (χ4n) is 2.48. The lowest BCUT2D eigenvalue weighted by Gasteiger charge is -2.31. The average Bonchev–Trinajstić information content (AvgIpc) is 2.70. The van der Waals surface area contributed by atoms with E-state index in [4.69, 9.17) is 14.7 Å². The summed E-state index contributed by atoms with van der Waals surface area (Å²) in [6.45, 7) is -0.153. The van der Waals surface area contributed by atoms with E-state index in [0.717, 1.165) is 0 Å². The minimum atomic E-state index is -3.58. The topological polar surface area (TPSA) is 123 Å². The number of esters is 2. The van der Waals surface area contributed by atoms with Crippen LogP contribution in [0.5, 0.6) is 0 Å². The molecule has 0 aromatic heterocycles. The van der Waals surface area contributed by atoms with E-state index in [2.05, 4.69) is 4.74 Å². The number of ether oxygens (including phenoxy) is 3. The van der Waals surface area contributed by atoms with Crippen LogP contribution < -0.4 is 4.90 Å². The minimum Gasteiger partial charge on any atom is -0.466 e. The van der Waals surface area contributed by atoms with Crippen LogP contribution in [0.2, 0.25) is 0 Å². The predicted octanol–water partition coefficient (Wildman–Crippen LogP) is 0.768. The summed E-state index contributed by atoms with van der Waals surface area (Å²) < 4.78 is 39.1. The van der Waals surface area contributed by atoms with Crippen LogP contribution in [0.15, 0.2) is 40.4 Å². The van der Waals surface area contributed by atoms with Crippen molar-refractivity contribution in [2.24, 2.45) is 0 Å². The number of hydrogen-bond acceptors (Lipinski definition) is 9. The molecule has 10 heteroatoms. The van der Waals surface area contributed by atoms with Crippen LogP contribution in [0.25, 0.3) is 0 Å². The Balaban J connectivity index is 2.42. The number of carbonyl (C=O) groups is 2. The molecule has 1 aromatic carbocycles. The molecule has 0 bridgehead atoms. The highest BCUT2D eigenvalue weighted by molar-refractivity contribution is 7.91. The van der Waals surface area contributed by atoms with Gasteiger partial charge < -0.3 is 19.1 Å². The molecule has 1 heterocycles. The molecule has 0 aliphatic carbocycles. The summed E-state index contributed by atoms with van der Waals surface area (Å²) in [5, 5.41) is 8.56. The number of nitrogens with zero attached hydrogens (tertiary/aromatic N) is 2. The summed E-state index contributed by atoms with van der Waals surface area (Å²) in [6.07, 6.45) is -0.109. The van der Waals surface area contributed by atoms with Crippen molar-refractivity contribution in [3.8, 4) is 6.07 Å². The molecule has 1 aliphatic heterocycles. The molecule has 0 N–H and O–H groups in total. The smallest absolute Gasteiger partial charge is 0.355 e. The normalized spacial score (nSPS) is 14.5. The Morgan fingerprint density at radius 2 is 1.81 bits per heavy atom. The molecule has 27 heavy (non-hydrogen) atoms. The second kappa shape index (κ2) is 8.66. The lowest BCUT2D eigenvalue weighted by Crippen LogP contribution is -2.38. The molecule has 0 saturated heterocycles. The van der Waals surface area contributed by atoms with Crippen LogP contribution >= 0.6 is 0 Å². The summed E-state index contributed by atoms with van der Waals surface area (Å²) >= 11 is 0. The van der Waals surface area contributed by atoms with Crippen molar-refractivity contribution in [1.82, 2.24) is 0 Å². The Labute approximate surface area is 156 Å². The van der Waals surface area contributed by atoms with E-state index in [-0.39, 0.29) is 41.7 Å².